The van der Waals surface area contributed by atoms with Crippen LogP contribution >= 0.6 is 15.9 Å². The van der Waals surface area contributed by atoms with Crippen LogP contribution < -0.4 is 5.32 Å². The van der Waals surface area contributed by atoms with Crippen molar-refractivity contribution in [2.24, 2.45) is 0 Å². The van der Waals surface area contributed by atoms with Gasteiger partial charge in [0.25, 0.3) is 0 Å². The molecule has 0 saturated heterocycles. The minimum atomic E-state index is -0.659. The summed E-state index contributed by atoms with van der Waals surface area (Å²) < 4.78 is 28.4. The molecule has 0 saturated carbocycles. The monoisotopic (exact) mass is 341 g/mol. The maximum atomic E-state index is 14.2. The molecule has 1 aromatic carbocycles. The van der Waals surface area contributed by atoms with Crippen LogP contribution in [0.3, 0.4) is 0 Å². The maximum absolute atomic E-state index is 14.2. The molecule has 1 aromatic heterocycles. The predicted octanol–water partition coefficient (Wildman–Crippen LogP) is 4.23. The SMILES string of the molecule is CCNc1nc(C)nc(-c2c(F)ccc(Br)c2F)c1C. The van der Waals surface area contributed by atoms with Crippen LogP contribution in [0.4, 0.5) is 14.6 Å². The van der Waals surface area contributed by atoms with E-state index in [1.807, 2.05) is 6.92 Å². The van der Waals surface area contributed by atoms with E-state index in [1.54, 1.807) is 13.8 Å². The van der Waals surface area contributed by atoms with Gasteiger partial charge in [-0.25, -0.2) is 18.7 Å². The molecule has 2 aromatic rings. The summed E-state index contributed by atoms with van der Waals surface area (Å²) in [5, 5.41) is 3.07. The highest BCUT2D eigenvalue weighted by Gasteiger charge is 2.20. The molecular formula is C14H14BrF2N3. The molecule has 6 heteroatoms. The van der Waals surface area contributed by atoms with Gasteiger partial charge in [0.1, 0.15) is 23.3 Å². The number of aromatic nitrogens is 2. The van der Waals surface area contributed by atoms with Crippen molar-refractivity contribution in [3.63, 3.8) is 0 Å². The van der Waals surface area contributed by atoms with Crippen LogP contribution in [-0.4, -0.2) is 16.5 Å². The zero-order valence-corrected chi connectivity index (χ0v) is 13.0. The van der Waals surface area contributed by atoms with Gasteiger partial charge in [-0.05, 0) is 48.8 Å². The lowest BCUT2D eigenvalue weighted by Crippen LogP contribution is -2.07. The van der Waals surface area contributed by atoms with E-state index in [-0.39, 0.29) is 15.7 Å². The van der Waals surface area contributed by atoms with Crippen molar-refractivity contribution in [2.45, 2.75) is 20.8 Å². The molecule has 0 fully saturated rings. The van der Waals surface area contributed by atoms with E-state index in [2.05, 4.69) is 31.2 Å². The largest absolute Gasteiger partial charge is 0.370 e. The van der Waals surface area contributed by atoms with Crippen LogP contribution in [0, 0.1) is 25.5 Å². The molecule has 0 aliphatic carbocycles. The molecular weight excluding hydrogens is 328 g/mol. The molecule has 0 spiro atoms. The molecule has 1 N–H and O–H groups in total. The topological polar surface area (TPSA) is 37.8 Å². The first-order chi connectivity index (χ1) is 9.45. The predicted molar refractivity (Wildman–Crippen MR) is 78.7 cm³/mol. The van der Waals surface area contributed by atoms with E-state index in [0.717, 1.165) is 0 Å². The second-order valence-corrected chi connectivity index (χ2v) is 5.20. The van der Waals surface area contributed by atoms with Crippen molar-refractivity contribution in [1.29, 1.82) is 0 Å². The molecule has 0 aliphatic heterocycles. The smallest absolute Gasteiger partial charge is 0.149 e. The highest BCUT2D eigenvalue weighted by Crippen LogP contribution is 2.33. The fraction of sp³-hybridized carbons (Fsp3) is 0.286. The van der Waals surface area contributed by atoms with Crippen LogP contribution in [0.15, 0.2) is 16.6 Å². The summed E-state index contributed by atoms with van der Waals surface area (Å²) in [5.41, 5.74) is 0.750. The van der Waals surface area contributed by atoms with Crippen molar-refractivity contribution in [3.8, 4) is 11.3 Å². The van der Waals surface area contributed by atoms with E-state index in [0.29, 0.717) is 23.8 Å². The fourth-order valence-corrected chi connectivity index (χ4v) is 2.29. The first-order valence-corrected chi connectivity index (χ1v) is 6.98. The van der Waals surface area contributed by atoms with Gasteiger partial charge in [0, 0.05) is 12.1 Å². The van der Waals surface area contributed by atoms with Crippen molar-refractivity contribution in [2.75, 3.05) is 11.9 Å². The molecule has 20 heavy (non-hydrogen) atoms. The van der Waals surface area contributed by atoms with Crippen LogP contribution in [0.2, 0.25) is 0 Å². The normalized spacial score (nSPS) is 10.7. The van der Waals surface area contributed by atoms with Crippen LogP contribution in [-0.2, 0) is 0 Å². The van der Waals surface area contributed by atoms with Crippen molar-refractivity contribution < 1.29 is 8.78 Å². The van der Waals surface area contributed by atoms with Crippen LogP contribution in [0.5, 0.6) is 0 Å². The number of aryl methyl sites for hydroxylation is 1. The molecule has 0 radical (unpaired) electrons. The van der Waals surface area contributed by atoms with Crippen LogP contribution in [0.1, 0.15) is 18.3 Å². The summed E-state index contributed by atoms with van der Waals surface area (Å²) >= 11 is 3.07. The quantitative estimate of drug-likeness (QED) is 0.848. The zero-order valence-electron chi connectivity index (χ0n) is 11.4. The lowest BCUT2D eigenvalue weighted by molar-refractivity contribution is 0.584. The van der Waals surface area contributed by atoms with E-state index < -0.39 is 11.6 Å². The first kappa shape index (κ1) is 14.8. The van der Waals surface area contributed by atoms with Gasteiger partial charge in [-0.15, -0.1) is 0 Å². The third-order valence-electron chi connectivity index (χ3n) is 2.88. The van der Waals surface area contributed by atoms with Gasteiger partial charge in [-0.2, -0.15) is 0 Å². The maximum Gasteiger partial charge on any atom is 0.149 e. The average Bonchev–Trinajstić information content (AvgIpc) is 2.40. The summed E-state index contributed by atoms with van der Waals surface area (Å²) in [6.07, 6.45) is 0. The van der Waals surface area contributed by atoms with E-state index >= 15 is 0 Å². The third-order valence-corrected chi connectivity index (χ3v) is 3.50. The van der Waals surface area contributed by atoms with E-state index in [1.165, 1.54) is 12.1 Å². The molecule has 106 valence electrons. The van der Waals surface area contributed by atoms with E-state index in [9.17, 15) is 8.78 Å². The summed E-state index contributed by atoms with van der Waals surface area (Å²) in [6.45, 7) is 6.03. The first-order valence-electron chi connectivity index (χ1n) is 6.18. The molecule has 3 nitrogen and oxygen atoms in total. The summed E-state index contributed by atoms with van der Waals surface area (Å²) in [7, 11) is 0. The Balaban J connectivity index is 2.73. The van der Waals surface area contributed by atoms with Gasteiger partial charge in [0.05, 0.1) is 15.7 Å². The van der Waals surface area contributed by atoms with Gasteiger partial charge in [-0.3, -0.25) is 0 Å². The lowest BCUT2D eigenvalue weighted by Gasteiger charge is -2.13. The lowest BCUT2D eigenvalue weighted by atomic mass is 10.1. The summed E-state index contributed by atoms with van der Waals surface area (Å²) in [4.78, 5) is 8.45. The Kier molecular flexibility index (Phi) is 4.32. The highest BCUT2D eigenvalue weighted by atomic mass is 79.9. The number of hydrogen-bond donors (Lipinski definition) is 1. The van der Waals surface area contributed by atoms with Crippen LogP contribution in [0.25, 0.3) is 11.3 Å². The van der Waals surface area contributed by atoms with Gasteiger partial charge in [0.15, 0.2) is 0 Å². The van der Waals surface area contributed by atoms with Crippen molar-refractivity contribution in [3.05, 3.63) is 39.6 Å². The Hall–Kier alpha value is -1.56. The minimum Gasteiger partial charge on any atom is -0.370 e. The second kappa shape index (κ2) is 5.83. The zero-order chi connectivity index (χ0) is 14.9. The molecule has 0 atom stereocenters. The molecule has 0 amide bonds. The summed E-state index contributed by atoms with van der Waals surface area (Å²) in [6, 6.07) is 2.55. The summed E-state index contributed by atoms with van der Waals surface area (Å²) in [5.74, 6) is -0.253. The number of nitrogens with one attached hydrogen (secondary N) is 1. The highest BCUT2D eigenvalue weighted by molar-refractivity contribution is 9.10. The molecule has 0 bridgehead atoms. The Morgan fingerprint density at radius 1 is 1.20 bits per heavy atom. The number of hydrogen-bond acceptors (Lipinski definition) is 3. The molecule has 0 aliphatic rings. The number of anilines is 1. The van der Waals surface area contributed by atoms with Gasteiger partial charge in [0.2, 0.25) is 0 Å². The number of halogens is 3. The molecule has 2 rings (SSSR count). The minimum absolute atomic E-state index is 0.137. The molecule has 1 heterocycles. The average molecular weight is 342 g/mol. The Morgan fingerprint density at radius 3 is 2.55 bits per heavy atom. The number of nitrogens with zero attached hydrogens (tertiary/aromatic N) is 2. The Labute approximate surface area is 124 Å². The Morgan fingerprint density at radius 2 is 1.90 bits per heavy atom. The third kappa shape index (κ3) is 2.65. The Bertz CT molecular complexity index is 659. The molecule has 0 unspecified atom stereocenters. The number of benzene rings is 1. The van der Waals surface area contributed by atoms with Gasteiger partial charge >= 0.3 is 0 Å². The van der Waals surface area contributed by atoms with Gasteiger partial charge < -0.3 is 5.32 Å². The standard InChI is InChI=1S/C14H14BrF2N3/c1-4-18-14-7(2)13(19-8(3)20-14)11-10(16)6-5-9(15)12(11)17/h5-6H,4H2,1-3H3,(H,18,19,20). The second-order valence-electron chi connectivity index (χ2n) is 4.34. The fourth-order valence-electron chi connectivity index (χ4n) is 1.96. The van der Waals surface area contributed by atoms with Crippen molar-refractivity contribution in [1.82, 2.24) is 9.97 Å². The number of rotatable bonds is 3. The van der Waals surface area contributed by atoms with E-state index in [4.69, 9.17) is 0 Å². The van der Waals surface area contributed by atoms with Crippen molar-refractivity contribution >= 4 is 21.7 Å². The van der Waals surface area contributed by atoms with Gasteiger partial charge in [-0.1, -0.05) is 0 Å².